The lowest BCUT2D eigenvalue weighted by molar-refractivity contribution is -0.385. The molecule has 1 amide bonds. The van der Waals surface area contributed by atoms with E-state index in [1.807, 2.05) is 24.3 Å². The van der Waals surface area contributed by atoms with E-state index in [0.29, 0.717) is 33.7 Å². The van der Waals surface area contributed by atoms with Crippen LogP contribution >= 0.6 is 15.9 Å². The van der Waals surface area contributed by atoms with Gasteiger partial charge >= 0.3 is 0 Å². The number of nitrogens with zero attached hydrogens (tertiary/aromatic N) is 2. The zero-order chi connectivity index (χ0) is 25.5. The highest BCUT2D eigenvalue weighted by atomic mass is 79.9. The molecule has 0 saturated heterocycles. The minimum atomic E-state index is -0.514. The van der Waals surface area contributed by atoms with E-state index in [2.05, 4.69) is 44.7 Å². The van der Waals surface area contributed by atoms with Gasteiger partial charge in [-0.3, -0.25) is 14.9 Å². The molecule has 0 saturated carbocycles. The number of halogens is 1. The van der Waals surface area contributed by atoms with Crippen LogP contribution in [0.25, 0.3) is 10.8 Å². The molecule has 4 aromatic rings. The van der Waals surface area contributed by atoms with Crippen LogP contribution in [0.3, 0.4) is 0 Å². The summed E-state index contributed by atoms with van der Waals surface area (Å²) in [6.45, 7) is 0.353. The number of hydrogen-bond donors (Lipinski definition) is 1. The van der Waals surface area contributed by atoms with Gasteiger partial charge < -0.3 is 9.47 Å². The second-order valence-electron chi connectivity index (χ2n) is 7.82. The lowest BCUT2D eigenvalue weighted by atomic mass is 10.1. The zero-order valence-electron chi connectivity index (χ0n) is 19.3. The van der Waals surface area contributed by atoms with E-state index < -0.39 is 10.8 Å². The van der Waals surface area contributed by atoms with Crippen LogP contribution in [-0.2, 0) is 17.8 Å². The summed E-state index contributed by atoms with van der Waals surface area (Å²) in [5.41, 5.74) is 4.31. The summed E-state index contributed by atoms with van der Waals surface area (Å²) in [5, 5.41) is 17.4. The molecule has 0 spiro atoms. The Morgan fingerprint density at radius 2 is 1.78 bits per heavy atom. The minimum absolute atomic E-state index is 0.107. The molecule has 0 bridgehead atoms. The van der Waals surface area contributed by atoms with Gasteiger partial charge in [-0.25, -0.2) is 5.43 Å². The molecule has 182 valence electrons. The maximum Gasteiger partial charge on any atom is 0.273 e. The highest BCUT2D eigenvalue weighted by molar-refractivity contribution is 9.10. The van der Waals surface area contributed by atoms with Crippen molar-refractivity contribution in [1.82, 2.24) is 5.43 Å². The van der Waals surface area contributed by atoms with Crippen molar-refractivity contribution in [2.45, 2.75) is 13.0 Å². The average Bonchev–Trinajstić information content (AvgIpc) is 2.88. The number of nitro groups is 1. The van der Waals surface area contributed by atoms with E-state index in [1.165, 1.54) is 12.3 Å². The first kappa shape index (κ1) is 24.9. The van der Waals surface area contributed by atoms with Crippen LogP contribution in [0.1, 0.15) is 16.7 Å². The molecule has 0 aliphatic carbocycles. The molecule has 9 heteroatoms. The molecule has 0 aliphatic rings. The SMILES string of the molecule is COc1cc(/C=N\NC(=O)Cc2ccccc2[N+](=O)[O-])cc(Br)c1OCc1cccc2ccccc12. The van der Waals surface area contributed by atoms with E-state index in [1.54, 1.807) is 37.4 Å². The number of methoxy groups -OCH3 is 1. The lowest BCUT2D eigenvalue weighted by Gasteiger charge is -2.14. The molecule has 8 nitrogen and oxygen atoms in total. The van der Waals surface area contributed by atoms with Gasteiger partial charge in [-0.05, 0) is 50.0 Å². The number of para-hydroxylation sites is 1. The number of carbonyl (C=O) groups is 1. The maximum atomic E-state index is 12.2. The molecule has 4 rings (SSSR count). The van der Waals surface area contributed by atoms with Crippen LogP contribution in [0.2, 0.25) is 0 Å². The maximum absolute atomic E-state index is 12.2. The number of fused-ring (bicyclic) bond motifs is 1. The molecule has 0 atom stereocenters. The summed E-state index contributed by atoms with van der Waals surface area (Å²) >= 11 is 3.53. The Balaban J connectivity index is 1.44. The molecular formula is C27H22BrN3O5. The van der Waals surface area contributed by atoms with Crippen LogP contribution in [0.4, 0.5) is 5.69 Å². The third kappa shape index (κ3) is 5.87. The molecule has 0 aliphatic heterocycles. The molecule has 0 heterocycles. The first-order valence-electron chi connectivity index (χ1n) is 11.0. The summed E-state index contributed by atoms with van der Waals surface area (Å²) in [7, 11) is 1.54. The number of nitro benzene ring substituents is 1. The van der Waals surface area contributed by atoms with Gasteiger partial charge in [0.05, 0.1) is 29.1 Å². The van der Waals surface area contributed by atoms with Crippen LogP contribution in [0, 0.1) is 10.1 Å². The summed E-state index contributed by atoms with van der Waals surface area (Å²) in [4.78, 5) is 22.8. The Labute approximate surface area is 215 Å². The van der Waals surface area contributed by atoms with Crippen molar-refractivity contribution < 1.29 is 19.2 Å². The van der Waals surface area contributed by atoms with Crippen LogP contribution in [-0.4, -0.2) is 24.2 Å². The average molecular weight is 548 g/mol. The number of nitrogens with one attached hydrogen (secondary N) is 1. The lowest BCUT2D eigenvalue weighted by Crippen LogP contribution is -2.20. The second kappa shape index (κ2) is 11.5. The standard InChI is InChI=1S/C27H22BrN3O5/c1-35-25-14-18(16-29-30-26(32)15-20-8-3-5-12-24(20)31(33)34)13-23(28)27(25)36-17-21-10-6-9-19-7-2-4-11-22(19)21/h2-14,16H,15,17H2,1H3,(H,30,32)/b29-16-. The number of hydrazone groups is 1. The Bertz CT molecular complexity index is 1450. The Morgan fingerprint density at radius 1 is 1.06 bits per heavy atom. The van der Waals surface area contributed by atoms with Crippen molar-refractivity contribution in [3.63, 3.8) is 0 Å². The van der Waals surface area contributed by atoms with E-state index >= 15 is 0 Å². The van der Waals surface area contributed by atoms with E-state index in [9.17, 15) is 14.9 Å². The minimum Gasteiger partial charge on any atom is -0.493 e. The summed E-state index contributed by atoms with van der Waals surface area (Å²) in [6.07, 6.45) is 1.29. The fourth-order valence-electron chi connectivity index (χ4n) is 3.75. The van der Waals surface area contributed by atoms with Gasteiger partial charge in [0, 0.05) is 11.6 Å². The summed E-state index contributed by atoms with van der Waals surface area (Å²) < 4.78 is 12.3. The van der Waals surface area contributed by atoms with Crippen LogP contribution in [0.15, 0.2) is 88.4 Å². The first-order valence-corrected chi connectivity index (χ1v) is 11.8. The van der Waals surface area contributed by atoms with Gasteiger partial charge in [0.15, 0.2) is 11.5 Å². The fourth-order valence-corrected chi connectivity index (χ4v) is 4.33. The first-order chi connectivity index (χ1) is 17.5. The molecule has 0 aromatic heterocycles. The van der Waals surface area contributed by atoms with Crippen molar-refractivity contribution in [2.24, 2.45) is 5.10 Å². The predicted molar refractivity (Wildman–Crippen MR) is 142 cm³/mol. The predicted octanol–water partition coefficient (Wildman–Crippen LogP) is 5.79. The van der Waals surface area contributed by atoms with E-state index in [-0.39, 0.29) is 12.1 Å². The summed E-state index contributed by atoms with van der Waals surface area (Å²) in [5.74, 6) is 0.571. The molecule has 0 radical (unpaired) electrons. The normalized spacial score (nSPS) is 10.9. The monoisotopic (exact) mass is 547 g/mol. The molecule has 0 fully saturated rings. The van der Waals surface area contributed by atoms with Gasteiger partial charge in [-0.2, -0.15) is 5.10 Å². The number of rotatable bonds is 9. The van der Waals surface area contributed by atoms with Crippen molar-refractivity contribution >= 4 is 44.5 Å². The molecule has 4 aromatic carbocycles. The van der Waals surface area contributed by atoms with Gasteiger partial charge in [0.1, 0.15) is 6.61 Å². The van der Waals surface area contributed by atoms with Crippen molar-refractivity contribution in [3.05, 3.63) is 110 Å². The smallest absolute Gasteiger partial charge is 0.273 e. The Kier molecular flexibility index (Phi) is 7.92. The largest absolute Gasteiger partial charge is 0.493 e. The highest BCUT2D eigenvalue weighted by Crippen LogP contribution is 2.37. The highest BCUT2D eigenvalue weighted by Gasteiger charge is 2.15. The fraction of sp³-hybridized carbons (Fsp3) is 0.111. The van der Waals surface area contributed by atoms with Gasteiger partial charge in [0.2, 0.25) is 5.91 Å². The summed E-state index contributed by atoms with van der Waals surface area (Å²) in [6, 6.07) is 23.8. The van der Waals surface area contributed by atoms with Crippen molar-refractivity contribution in [1.29, 1.82) is 0 Å². The molecule has 1 N–H and O–H groups in total. The molecular weight excluding hydrogens is 526 g/mol. The van der Waals surface area contributed by atoms with E-state index in [4.69, 9.17) is 9.47 Å². The number of ether oxygens (including phenoxy) is 2. The molecule has 36 heavy (non-hydrogen) atoms. The Hall–Kier alpha value is -4.24. The van der Waals surface area contributed by atoms with Crippen LogP contribution in [0.5, 0.6) is 11.5 Å². The second-order valence-corrected chi connectivity index (χ2v) is 8.67. The number of carbonyl (C=O) groups excluding carboxylic acids is 1. The number of benzene rings is 4. The van der Waals surface area contributed by atoms with Gasteiger partial charge in [-0.1, -0.05) is 60.7 Å². The number of hydrogen-bond acceptors (Lipinski definition) is 6. The van der Waals surface area contributed by atoms with Crippen LogP contribution < -0.4 is 14.9 Å². The third-order valence-electron chi connectivity index (χ3n) is 5.45. The topological polar surface area (TPSA) is 103 Å². The zero-order valence-corrected chi connectivity index (χ0v) is 20.9. The number of amides is 1. The quantitative estimate of drug-likeness (QED) is 0.162. The third-order valence-corrected chi connectivity index (χ3v) is 6.03. The molecule has 0 unspecified atom stereocenters. The van der Waals surface area contributed by atoms with Crippen molar-refractivity contribution in [2.75, 3.05) is 7.11 Å². The van der Waals surface area contributed by atoms with E-state index in [0.717, 1.165) is 16.3 Å². The van der Waals surface area contributed by atoms with Gasteiger partial charge in [-0.15, -0.1) is 0 Å². The Morgan fingerprint density at radius 3 is 2.58 bits per heavy atom. The van der Waals surface area contributed by atoms with Gasteiger partial charge in [0.25, 0.3) is 5.69 Å². The van der Waals surface area contributed by atoms with Crippen molar-refractivity contribution in [3.8, 4) is 11.5 Å².